The number of ketones is 1. The second-order valence-corrected chi connectivity index (χ2v) is 5.84. The fourth-order valence-electron chi connectivity index (χ4n) is 2.74. The first-order valence-electron chi connectivity index (χ1n) is 7.29. The van der Waals surface area contributed by atoms with Crippen molar-refractivity contribution in [2.24, 2.45) is 5.92 Å². The molecule has 1 aromatic carbocycles. The molecule has 2 fully saturated rings. The van der Waals surface area contributed by atoms with E-state index in [2.05, 4.69) is 41.0 Å². The van der Waals surface area contributed by atoms with Crippen molar-refractivity contribution in [1.29, 1.82) is 0 Å². The van der Waals surface area contributed by atoms with E-state index in [0.717, 1.165) is 39.0 Å². The van der Waals surface area contributed by atoms with Crippen molar-refractivity contribution in [3.8, 4) is 0 Å². The zero-order valence-corrected chi connectivity index (χ0v) is 11.6. The molecule has 0 bridgehead atoms. The molecule has 0 aromatic heterocycles. The second-order valence-electron chi connectivity index (χ2n) is 5.84. The number of nitrogens with zero attached hydrogens (tertiary/aromatic N) is 2. The van der Waals surface area contributed by atoms with E-state index in [0.29, 0.717) is 18.2 Å². The quantitative estimate of drug-likeness (QED) is 0.826. The standard InChI is InChI=1S/C16H22N2O/c1-13-3-2-4-15(11-13)18-9-7-17(8-10-18)12-16(19)14-5-6-14/h2-4,11,14H,5-10,12H2,1H3. The highest BCUT2D eigenvalue weighted by Gasteiger charge is 2.31. The molecule has 2 aliphatic rings. The van der Waals surface area contributed by atoms with Gasteiger partial charge in [0, 0.05) is 37.8 Å². The van der Waals surface area contributed by atoms with Crippen molar-refractivity contribution in [3.63, 3.8) is 0 Å². The van der Waals surface area contributed by atoms with Crippen LogP contribution in [0.25, 0.3) is 0 Å². The number of piperazine rings is 1. The van der Waals surface area contributed by atoms with Crippen LogP contribution in [0.4, 0.5) is 5.69 Å². The van der Waals surface area contributed by atoms with Crippen LogP contribution < -0.4 is 4.90 Å². The van der Waals surface area contributed by atoms with Gasteiger partial charge in [-0.1, -0.05) is 12.1 Å². The van der Waals surface area contributed by atoms with Gasteiger partial charge in [0.1, 0.15) is 5.78 Å². The Kier molecular flexibility index (Phi) is 3.56. The van der Waals surface area contributed by atoms with Gasteiger partial charge >= 0.3 is 0 Å². The maximum Gasteiger partial charge on any atom is 0.149 e. The van der Waals surface area contributed by atoms with E-state index in [1.165, 1.54) is 11.3 Å². The van der Waals surface area contributed by atoms with Crippen LogP contribution in [0.5, 0.6) is 0 Å². The number of carbonyl (C=O) groups excluding carboxylic acids is 1. The number of benzene rings is 1. The van der Waals surface area contributed by atoms with Gasteiger partial charge in [0.05, 0.1) is 6.54 Å². The molecule has 1 saturated heterocycles. The lowest BCUT2D eigenvalue weighted by Crippen LogP contribution is -2.48. The lowest BCUT2D eigenvalue weighted by atomic mass is 10.2. The molecule has 3 heteroatoms. The highest BCUT2D eigenvalue weighted by atomic mass is 16.1. The van der Waals surface area contributed by atoms with E-state index in [1.807, 2.05) is 0 Å². The topological polar surface area (TPSA) is 23.6 Å². The van der Waals surface area contributed by atoms with E-state index in [1.54, 1.807) is 0 Å². The molecule has 1 aromatic rings. The summed E-state index contributed by atoms with van der Waals surface area (Å²) in [4.78, 5) is 16.5. The summed E-state index contributed by atoms with van der Waals surface area (Å²) >= 11 is 0. The Morgan fingerprint density at radius 2 is 1.95 bits per heavy atom. The third-order valence-electron chi connectivity index (χ3n) is 4.15. The third-order valence-corrected chi connectivity index (χ3v) is 4.15. The van der Waals surface area contributed by atoms with Gasteiger partial charge < -0.3 is 4.90 Å². The highest BCUT2D eigenvalue weighted by molar-refractivity contribution is 5.85. The highest BCUT2D eigenvalue weighted by Crippen LogP contribution is 2.30. The molecule has 0 N–H and O–H groups in total. The summed E-state index contributed by atoms with van der Waals surface area (Å²) in [5.41, 5.74) is 2.62. The molecule has 1 saturated carbocycles. The molecule has 1 aliphatic carbocycles. The van der Waals surface area contributed by atoms with Gasteiger partial charge in [-0.3, -0.25) is 9.69 Å². The Labute approximate surface area is 115 Å². The molecular weight excluding hydrogens is 236 g/mol. The minimum atomic E-state index is 0.398. The lowest BCUT2D eigenvalue weighted by Gasteiger charge is -2.35. The van der Waals surface area contributed by atoms with Gasteiger partial charge in [-0.25, -0.2) is 0 Å². The van der Waals surface area contributed by atoms with Crippen molar-refractivity contribution in [3.05, 3.63) is 29.8 Å². The van der Waals surface area contributed by atoms with Crippen LogP contribution in [0.15, 0.2) is 24.3 Å². The molecule has 3 nitrogen and oxygen atoms in total. The fourth-order valence-corrected chi connectivity index (χ4v) is 2.74. The van der Waals surface area contributed by atoms with Gasteiger partial charge in [-0.15, -0.1) is 0 Å². The van der Waals surface area contributed by atoms with E-state index < -0.39 is 0 Å². The first-order chi connectivity index (χ1) is 9.22. The molecule has 0 unspecified atom stereocenters. The van der Waals surface area contributed by atoms with E-state index in [-0.39, 0.29) is 0 Å². The first-order valence-corrected chi connectivity index (χ1v) is 7.29. The molecule has 19 heavy (non-hydrogen) atoms. The van der Waals surface area contributed by atoms with Gasteiger partial charge in [0.2, 0.25) is 0 Å². The molecule has 1 heterocycles. The predicted molar refractivity (Wildman–Crippen MR) is 77.6 cm³/mol. The molecule has 0 spiro atoms. The fraction of sp³-hybridized carbons (Fsp3) is 0.562. The van der Waals surface area contributed by atoms with Gasteiger partial charge in [0.25, 0.3) is 0 Å². The summed E-state index contributed by atoms with van der Waals surface area (Å²) in [5, 5.41) is 0. The number of anilines is 1. The molecule has 102 valence electrons. The Balaban J connectivity index is 1.52. The summed E-state index contributed by atoms with van der Waals surface area (Å²) in [6, 6.07) is 8.67. The average Bonchev–Trinajstić information content (AvgIpc) is 3.24. The maximum absolute atomic E-state index is 11.8. The van der Waals surface area contributed by atoms with Crippen molar-refractivity contribution < 1.29 is 4.79 Å². The normalized spacial score (nSPS) is 20.6. The van der Waals surface area contributed by atoms with Crippen molar-refractivity contribution in [2.75, 3.05) is 37.6 Å². The number of carbonyl (C=O) groups is 1. The van der Waals surface area contributed by atoms with E-state index in [4.69, 9.17) is 0 Å². The van der Waals surface area contributed by atoms with Crippen molar-refractivity contribution in [2.45, 2.75) is 19.8 Å². The SMILES string of the molecule is Cc1cccc(N2CCN(CC(=O)C3CC3)CC2)c1. The molecular formula is C16H22N2O. The van der Waals surface area contributed by atoms with Crippen LogP contribution in [0, 0.1) is 12.8 Å². The van der Waals surface area contributed by atoms with Crippen LogP contribution in [0.3, 0.4) is 0 Å². The smallest absolute Gasteiger partial charge is 0.149 e. The first kappa shape index (κ1) is 12.7. The monoisotopic (exact) mass is 258 g/mol. The van der Waals surface area contributed by atoms with Crippen LogP contribution >= 0.6 is 0 Å². The van der Waals surface area contributed by atoms with Crippen LogP contribution in [0.2, 0.25) is 0 Å². The van der Waals surface area contributed by atoms with Crippen molar-refractivity contribution >= 4 is 11.5 Å². The zero-order valence-electron chi connectivity index (χ0n) is 11.6. The van der Waals surface area contributed by atoms with Crippen LogP contribution in [-0.4, -0.2) is 43.4 Å². The minimum Gasteiger partial charge on any atom is -0.369 e. The Hall–Kier alpha value is -1.35. The van der Waals surface area contributed by atoms with Crippen LogP contribution in [0.1, 0.15) is 18.4 Å². The predicted octanol–water partition coefficient (Wildman–Crippen LogP) is 2.10. The average molecular weight is 258 g/mol. The number of rotatable bonds is 4. The zero-order chi connectivity index (χ0) is 13.2. The van der Waals surface area contributed by atoms with Gasteiger partial charge in [-0.05, 0) is 37.5 Å². The second kappa shape index (κ2) is 5.33. The van der Waals surface area contributed by atoms with Crippen LogP contribution in [-0.2, 0) is 4.79 Å². The number of hydrogen-bond donors (Lipinski definition) is 0. The number of hydrogen-bond acceptors (Lipinski definition) is 3. The van der Waals surface area contributed by atoms with Crippen molar-refractivity contribution in [1.82, 2.24) is 4.90 Å². The summed E-state index contributed by atoms with van der Waals surface area (Å²) in [7, 11) is 0. The third kappa shape index (κ3) is 3.16. The lowest BCUT2D eigenvalue weighted by molar-refractivity contribution is -0.121. The molecule has 0 atom stereocenters. The molecule has 3 rings (SSSR count). The summed E-state index contributed by atoms with van der Waals surface area (Å²) in [5.74, 6) is 0.860. The van der Waals surface area contributed by atoms with E-state index >= 15 is 0 Å². The summed E-state index contributed by atoms with van der Waals surface area (Å²) in [6.45, 7) is 6.88. The van der Waals surface area contributed by atoms with E-state index in [9.17, 15) is 4.79 Å². The Morgan fingerprint density at radius 1 is 1.21 bits per heavy atom. The summed E-state index contributed by atoms with van der Waals surface area (Å²) in [6.07, 6.45) is 2.25. The molecule has 0 amide bonds. The minimum absolute atomic E-state index is 0.398. The Bertz CT molecular complexity index is 460. The molecule has 0 radical (unpaired) electrons. The summed E-state index contributed by atoms with van der Waals surface area (Å²) < 4.78 is 0. The Morgan fingerprint density at radius 3 is 2.58 bits per heavy atom. The number of aryl methyl sites for hydroxylation is 1. The van der Waals surface area contributed by atoms with Gasteiger partial charge in [-0.2, -0.15) is 0 Å². The number of Topliss-reactive ketones (excluding diaryl/α,β-unsaturated/α-hetero) is 1. The van der Waals surface area contributed by atoms with Gasteiger partial charge in [0.15, 0.2) is 0 Å². The molecule has 1 aliphatic heterocycles. The maximum atomic E-state index is 11.8. The largest absolute Gasteiger partial charge is 0.369 e.